The van der Waals surface area contributed by atoms with E-state index in [2.05, 4.69) is 27.0 Å². The number of aromatic nitrogens is 2. The number of aromatic carboxylic acids is 1. The Kier molecular flexibility index (Phi) is 5.20. The lowest BCUT2D eigenvalue weighted by molar-refractivity contribution is 0.0331. The second-order valence-corrected chi connectivity index (χ2v) is 7.17. The van der Waals surface area contributed by atoms with E-state index in [4.69, 9.17) is 4.74 Å². The Bertz CT molecular complexity index is 925. The lowest BCUT2D eigenvalue weighted by Gasteiger charge is -2.31. The van der Waals surface area contributed by atoms with Crippen molar-refractivity contribution in [1.82, 2.24) is 9.55 Å². The molecule has 1 aliphatic rings. The van der Waals surface area contributed by atoms with Gasteiger partial charge in [0.25, 0.3) is 0 Å². The highest BCUT2D eigenvalue weighted by molar-refractivity contribution is 9.10. The third-order valence-corrected chi connectivity index (χ3v) is 4.95. The minimum Gasteiger partial charge on any atom is -0.477 e. The Labute approximate surface area is 158 Å². The molecule has 0 aliphatic carbocycles. The Morgan fingerprint density at radius 3 is 2.69 bits per heavy atom. The molecule has 1 N–H and O–H groups in total. The van der Waals surface area contributed by atoms with Gasteiger partial charge in [-0.05, 0) is 40.9 Å². The summed E-state index contributed by atoms with van der Waals surface area (Å²) in [6.07, 6.45) is 5.52. The molecule has 26 heavy (non-hydrogen) atoms. The van der Waals surface area contributed by atoms with Crippen LogP contribution < -0.4 is 5.43 Å². The van der Waals surface area contributed by atoms with Gasteiger partial charge in [-0.3, -0.25) is 9.78 Å². The lowest BCUT2D eigenvalue weighted by atomic mass is 9.81. The van der Waals surface area contributed by atoms with Gasteiger partial charge in [0.15, 0.2) is 0 Å². The van der Waals surface area contributed by atoms with Crippen LogP contribution in [0.3, 0.4) is 0 Å². The number of halogens is 1. The molecule has 8 heteroatoms. The maximum Gasteiger partial charge on any atom is 0.341 e. The summed E-state index contributed by atoms with van der Waals surface area (Å²) in [5, 5.41) is 19.0. The Hall–Kier alpha value is -2.50. The Balaban J connectivity index is 2.08. The van der Waals surface area contributed by atoms with Gasteiger partial charge in [0.1, 0.15) is 5.56 Å². The molecular formula is C18H16BrN3O4. The number of ether oxygens (including phenoxy) is 1. The molecule has 0 radical (unpaired) electrons. The topological polar surface area (TPSA) is 105 Å². The van der Waals surface area contributed by atoms with Crippen LogP contribution in [0, 0.1) is 16.7 Å². The zero-order valence-corrected chi connectivity index (χ0v) is 15.4. The van der Waals surface area contributed by atoms with Crippen LogP contribution in [-0.4, -0.2) is 33.8 Å². The first-order chi connectivity index (χ1) is 12.4. The summed E-state index contributed by atoms with van der Waals surface area (Å²) in [6.45, 7) is 1.26. The van der Waals surface area contributed by atoms with Crippen molar-refractivity contribution >= 4 is 21.9 Å². The van der Waals surface area contributed by atoms with Crippen LogP contribution in [0.2, 0.25) is 0 Å². The number of hydrogen-bond donors (Lipinski definition) is 1. The monoisotopic (exact) mass is 417 g/mol. The number of carboxylic acids is 1. The van der Waals surface area contributed by atoms with Crippen molar-refractivity contribution in [2.24, 2.45) is 5.41 Å². The molecule has 7 nitrogen and oxygen atoms in total. The third kappa shape index (κ3) is 3.69. The molecule has 0 spiro atoms. The van der Waals surface area contributed by atoms with Gasteiger partial charge in [-0.2, -0.15) is 5.26 Å². The second-order valence-electron chi connectivity index (χ2n) is 6.26. The summed E-state index contributed by atoms with van der Waals surface area (Å²) < 4.78 is 7.69. The molecule has 0 unspecified atom stereocenters. The summed E-state index contributed by atoms with van der Waals surface area (Å²) >= 11 is 3.28. The lowest BCUT2D eigenvalue weighted by Crippen LogP contribution is -2.33. The Morgan fingerprint density at radius 2 is 2.12 bits per heavy atom. The molecule has 2 aromatic rings. The predicted octanol–water partition coefficient (Wildman–Crippen LogP) is 2.69. The largest absolute Gasteiger partial charge is 0.477 e. The van der Waals surface area contributed by atoms with Crippen LogP contribution in [0.4, 0.5) is 0 Å². The third-order valence-electron chi connectivity index (χ3n) is 4.49. The van der Waals surface area contributed by atoms with Gasteiger partial charge in [0.2, 0.25) is 5.43 Å². The molecule has 0 aromatic carbocycles. The molecule has 1 fully saturated rings. The van der Waals surface area contributed by atoms with Gasteiger partial charge >= 0.3 is 5.97 Å². The normalized spacial score (nSPS) is 16.0. The predicted molar refractivity (Wildman–Crippen MR) is 96.7 cm³/mol. The highest BCUT2D eigenvalue weighted by Gasteiger charge is 2.33. The number of carboxylic acid groups (broad SMARTS) is 1. The van der Waals surface area contributed by atoms with Gasteiger partial charge in [0, 0.05) is 42.8 Å². The van der Waals surface area contributed by atoms with E-state index in [9.17, 15) is 20.0 Å². The molecule has 1 saturated heterocycles. The van der Waals surface area contributed by atoms with Crippen molar-refractivity contribution in [2.75, 3.05) is 13.2 Å². The van der Waals surface area contributed by atoms with Crippen LogP contribution in [0.1, 0.15) is 23.2 Å². The minimum atomic E-state index is -1.30. The van der Waals surface area contributed by atoms with Gasteiger partial charge in [0.05, 0.1) is 22.7 Å². The number of rotatable bonds is 4. The summed E-state index contributed by atoms with van der Waals surface area (Å²) in [5.41, 5.74) is -1.01. The van der Waals surface area contributed by atoms with Gasteiger partial charge in [-0.1, -0.05) is 0 Å². The highest BCUT2D eigenvalue weighted by atomic mass is 79.9. The molecule has 2 aromatic heterocycles. The van der Waals surface area contributed by atoms with E-state index in [1.54, 1.807) is 29.1 Å². The van der Waals surface area contributed by atoms with Crippen molar-refractivity contribution in [3.63, 3.8) is 0 Å². The van der Waals surface area contributed by atoms with Crippen LogP contribution >= 0.6 is 15.9 Å². The zero-order valence-electron chi connectivity index (χ0n) is 13.8. The summed E-state index contributed by atoms with van der Waals surface area (Å²) in [7, 11) is 0. The molecule has 0 amide bonds. The van der Waals surface area contributed by atoms with Crippen molar-refractivity contribution < 1.29 is 14.6 Å². The van der Waals surface area contributed by atoms with Crippen molar-refractivity contribution in [3.05, 3.63) is 51.0 Å². The van der Waals surface area contributed by atoms with Crippen LogP contribution in [0.5, 0.6) is 0 Å². The van der Waals surface area contributed by atoms with Gasteiger partial charge in [-0.25, -0.2) is 4.79 Å². The van der Waals surface area contributed by atoms with E-state index in [1.807, 2.05) is 0 Å². The number of nitrogens with zero attached hydrogens (tertiary/aromatic N) is 3. The summed E-state index contributed by atoms with van der Waals surface area (Å²) in [5.74, 6) is -1.30. The fourth-order valence-electron chi connectivity index (χ4n) is 3.01. The molecule has 0 bridgehead atoms. The smallest absolute Gasteiger partial charge is 0.341 e. The van der Waals surface area contributed by atoms with E-state index >= 15 is 0 Å². The minimum absolute atomic E-state index is 0.192. The molecule has 0 atom stereocenters. The quantitative estimate of drug-likeness (QED) is 0.819. The molecule has 1 aliphatic heterocycles. The molecule has 3 heterocycles. The molecule has 0 saturated carbocycles. The van der Waals surface area contributed by atoms with E-state index in [0.717, 1.165) is 4.47 Å². The fourth-order valence-corrected chi connectivity index (χ4v) is 3.24. The average Bonchev–Trinajstić information content (AvgIpc) is 2.64. The van der Waals surface area contributed by atoms with E-state index in [-0.39, 0.29) is 17.7 Å². The SMILES string of the molecule is N#CC1(Cn2cc(C(=O)O)c(=O)c(-c3ccc(Br)cn3)c2)CCOCC1. The standard InChI is InChI=1S/C18H16BrN3O4/c19-12-1-2-15(21-7-12)13-8-22(9-14(16(13)23)17(24)25)11-18(10-20)3-5-26-6-4-18/h1-2,7-9H,3-6,11H2,(H,24,25). The van der Waals surface area contributed by atoms with E-state index in [1.165, 1.54) is 6.20 Å². The highest BCUT2D eigenvalue weighted by Crippen LogP contribution is 2.32. The van der Waals surface area contributed by atoms with Crippen LogP contribution in [0.15, 0.2) is 40.0 Å². The maximum absolute atomic E-state index is 12.6. The first-order valence-corrected chi connectivity index (χ1v) is 8.82. The number of hydrogen-bond acceptors (Lipinski definition) is 5. The second kappa shape index (κ2) is 7.40. The molecule has 134 valence electrons. The summed E-state index contributed by atoms with van der Waals surface area (Å²) in [6, 6.07) is 5.72. The zero-order chi connectivity index (χ0) is 18.7. The average molecular weight is 418 g/mol. The van der Waals surface area contributed by atoms with Crippen LogP contribution in [0.25, 0.3) is 11.3 Å². The number of pyridine rings is 2. The van der Waals surface area contributed by atoms with Crippen molar-refractivity contribution in [2.45, 2.75) is 19.4 Å². The first kappa shape index (κ1) is 18.3. The van der Waals surface area contributed by atoms with E-state index < -0.39 is 16.8 Å². The first-order valence-electron chi connectivity index (χ1n) is 8.02. The number of nitriles is 1. The van der Waals surface area contributed by atoms with E-state index in [0.29, 0.717) is 31.7 Å². The van der Waals surface area contributed by atoms with Crippen molar-refractivity contribution in [3.8, 4) is 17.3 Å². The number of carbonyl (C=O) groups is 1. The molecule has 3 rings (SSSR count). The maximum atomic E-state index is 12.6. The van der Waals surface area contributed by atoms with Crippen molar-refractivity contribution in [1.29, 1.82) is 5.26 Å². The van der Waals surface area contributed by atoms with Crippen LogP contribution in [-0.2, 0) is 11.3 Å². The fraction of sp³-hybridized carbons (Fsp3) is 0.333. The van der Waals surface area contributed by atoms with Gasteiger partial charge in [-0.15, -0.1) is 0 Å². The summed E-state index contributed by atoms with van der Waals surface area (Å²) in [4.78, 5) is 28.3. The molecular weight excluding hydrogens is 402 g/mol. The Morgan fingerprint density at radius 1 is 1.38 bits per heavy atom. The van der Waals surface area contributed by atoms with Gasteiger partial charge < -0.3 is 14.4 Å².